The highest BCUT2D eigenvalue weighted by Gasteiger charge is 2.05. The van der Waals surface area contributed by atoms with Gasteiger partial charge in [0, 0.05) is 12.0 Å². The Morgan fingerprint density at radius 2 is 1.73 bits per heavy atom. The van der Waals surface area contributed by atoms with Crippen molar-refractivity contribution in [2.75, 3.05) is 20.3 Å². The van der Waals surface area contributed by atoms with Crippen LogP contribution in [0.4, 0.5) is 4.39 Å². The van der Waals surface area contributed by atoms with E-state index in [2.05, 4.69) is 0 Å². The molecule has 0 unspecified atom stereocenters. The standard InChI is InChI=1S/C17H17FO4/c1-20-17-11-13(12-19)3-8-16(17)22-10-2-9-21-15-6-4-14(18)5-7-15/h3-8,11-12H,2,9-10H2,1H3. The van der Waals surface area contributed by atoms with E-state index >= 15 is 0 Å². The first kappa shape index (κ1) is 15.8. The van der Waals surface area contributed by atoms with Gasteiger partial charge in [-0.2, -0.15) is 0 Å². The first-order valence-corrected chi connectivity index (χ1v) is 6.87. The van der Waals surface area contributed by atoms with Gasteiger partial charge in [0.15, 0.2) is 11.5 Å². The van der Waals surface area contributed by atoms with Crippen LogP contribution >= 0.6 is 0 Å². The summed E-state index contributed by atoms with van der Waals surface area (Å²) in [5.41, 5.74) is 0.531. The first-order valence-electron chi connectivity index (χ1n) is 6.87. The molecule has 0 fully saturated rings. The summed E-state index contributed by atoms with van der Waals surface area (Å²) in [6.07, 6.45) is 1.42. The Morgan fingerprint density at radius 3 is 2.41 bits per heavy atom. The number of carbonyl (C=O) groups excluding carboxylic acids is 1. The number of halogens is 1. The fraction of sp³-hybridized carbons (Fsp3) is 0.235. The lowest BCUT2D eigenvalue weighted by atomic mass is 10.2. The second-order valence-electron chi connectivity index (χ2n) is 4.53. The van der Waals surface area contributed by atoms with Gasteiger partial charge in [-0.1, -0.05) is 0 Å². The fourth-order valence-corrected chi connectivity index (χ4v) is 1.84. The van der Waals surface area contributed by atoms with Gasteiger partial charge in [-0.3, -0.25) is 4.79 Å². The van der Waals surface area contributed by atoms with Crippen LogP contribution in [-0.2, 0) is 0 Å². The molecule has 4 nitrogen and oxygen atoms in total. The fourth-order valence-electron chi connectivity index (χ4n) is 1.84. The van der Waals surface area contributed by atoms with E-state index in [0.717, 1.165) is 6.29 Å². The van der Waals surface area contributed by atoms with Gasteiger partial charge in [0.25, 0.3) is 0 Å². The topological polar surface area (TPSA) is 44.8 Å². The minimum absolute atomic E-state index is 0.290. The lowest BCUT2D eigenvalue weighted by molar-refractivity contribution is 0.112. The number of hydrogen-bond acceptors (Lipinski definition) is 4. The van der Waals surface area contributed by atoms with Crippen molar-refractivity contribution in [2.45, 2.75) is 6.42 Å². The largest absolute Gasteiger partial charge is 0.493 e. The highest BCUT2D eigenvalue weighted by Crippen LogP contribution is 2.27. The second-order valence-corrected chi connectivity index (χ2v) is 4.53. The molecule has 2 aromatic carbocycles. The van der Waals surface area contributed by atoms with Crippen LogP contribution in [0.2, 0.25) is 0 Å². The predicted octanol–water partition coefficient (Wildman–Crippen LogP) is 3.49. The summed E-state index contributed by atoms with van der Waals surface area (Å²) in [7, 11) is 1.52. The van der Waals surface area contributed by atoms with Gasteiger partial charge in [0.05, 0.1) is 20.3 Å². The lowest BCUT2D eigenvalue weighted by Crippen LogP contribution is -2.05. The normalized spacial score (nSPS) is 10.1. The van der Waals surface area contributed by atoms with Gasteiger partial charge in [-0.25, -0.2) is 4.39 Å². The Bertz CT molecular complexity index is 611. The Morgan fingerprint density at radius 1 is 1.00 bits per heavy atom. The van der Waals surface area contributed by atoms with Gasteiger partial charge in [-0.05, 0) is 42.5 Å². The number of benzene rings is 2. The summed E-state index contributed by atoms with van der Waals surface area (Å²) in [5.74, 6) is 1.43. The van der Waals surface area contributed by atoms with Crippen molar-refractivity contribution < 1.29 is 23.4 Å². The molecule has 0 aliphatic carbocycles. The summed E-state index contributed by atoms with van der Waals surface area (Å²) in [5, 5.41) is 0. The molecule has 0 spiro atoms. The van der Waals surface area contributed by atoms with Gasteiger partial charge in [0.1, 0.15) is 17.9 Å². The molecule has 0 saturated carbocycles. The van der Waals surface area contributed by atoms with Gasteiger partial charge >= 0.3 is 0 Å². The van der Waals surface area contributed by atoms with Crippen molar-refractivity contribution in [3.05, 3.63) is 53.8 Å². The predicted molar refractivity (Wildman–Crippen MR) is 80.4 cm³/mol. The Balaban J connectivity index is 1.76. The molecule has 5 heteroatoms. The molecule has 0 radical (unpaired) electrons. The van der Waals surface area contributed by atoms with E-state index in [1.807, 2.05) is 0 Å². The maximum absolute atomic E-state index is 12.7. The number of methoxy groups -OCH3 is 1. The van der Waals surface area contributed by atoms with Crippen molar-refractivity contribution >= 4 is 6.29 Å². The van der Waals surface area contributed by atoms with Crippen LogP contribution < -0.4 is 14.2 Å². The Hall–Kier alpha value is -2.56. The highest BCUT2D eigenvalue weighted by atomic mass is 19.1. The summed E-state index contributed by atoms with van der Waals surface area (Å²) in [6.45, 7) is 0.901. The molecule has 0 bridgehead atoms. The second kappa shape index (κ2) is 8.02. The van der Waals surface area contributed by atoms with Crippen LogP contribution in [-0.4, -0.2) is 26.6 Å². The summed E-state index contributed by atoms with van der Waals surface area (Å²) in [6, 6.07) is 10.9. The first-order chi connectivity index (χ1) is 10.7. The third kappa shape index (κ3) is 4.48. The van der Waals surface area contributed by atoms with E-state index < -0.39 is 0 Å². The zero-order valence-corrected chi connectivity index (χ0v) is 12.3. The molecular formula is C17H17FO4. The molecule has 0 aliphatic heterocycles. The third-order valence-electron chi connectivity index (χ3n) is 2.95. The molecule has 2 aromatic rings. The van der Waals surface area contributed by atoms with Crippen molar-refractivity contribution in [1.29, 1.82) is 0 Å². The molecule has 22 heavy (non-hydrogen) atoms. The van der Waals surface area contributed by atoms with E-state index in [4.69, 9.17) is 14.2 Å². The van der Waals surface area contributed by atoms with E-state index in [-0.39, 0.29) is 5.82 Å². The average molecular weight is 304 g/mol. The van der Waals surface area contributed by atoms with Gasteiger partial charge < -0.3 is 14.2 Å². The number of aldehydes is 1. The summed E-state index contributed by atoms with van der Waals surface area (Å²) >= 11 is 0. The van der Waals surface area contributed by atoms with Crippen LogP contribution in [0, 0.1) is 5.82 Å². The maximum Gasteiger partial charge on any atom is 0.161 e. The molecule has 0 saturated heterocycles. The van der Waals surface area contributed by atoms with E-state index in [1.54, 1.807) is 30.3 Å². The van der Waals surface area contributed by atoms with E-state index in [1.165, 1.54) is 19.2 Å². The van der Waals surface area contributed by atoms with Crippen molar-refractivity contribution in [3.8, 4) is 17.2 Å². The quantitative estimate of drug-likeness (QED) is 0.553. The summed E-state index contributed by atoms with van der Waals surface area (Å²) in [4.78, 5) is 10.7. The Labute approximate surface area is 128 Å². The van der Waals surface area contributed by atoms with Crippen molar-refractivity contribution in [2.24, 2.45) is 0 Å². The molecule has 0 aromatic heterocycles. The van der Waals surface area contributed by atoms with Crippen LogP contribution in [0.1, 0.15) is 16.8 Å². The molecule has 2 rings (SSSR count). The number of carbonyl (C=O) groups is 1. The van der Waals surface area contributed by atoms with E-state index in [9.17, 15) is 9.18 Å². The molecule has 116 valence electrons. The molecule has 0 aliphatic rings. The smallest absolute Gasteiger partial charge is 0.161 e. The molecule has 0 heterocycles. The molecule has 0 N–H and O–H groups in total. The monoisotopic (exact) mass is 304 g/mol. The van der Waals surface area contributed by atoms with Crippen molar-refractivity contribution in [3.63, 3.8) is 0 Å². The Kier molecular flexibility index (Phi) is 5.77. The van der Waals surface area contributed by atoms with E-state index in [0.29, 0.717) is 42.4 Å². The molecular weight excluding hydrogens is 287 g/mol. The average Bonchev–Trinajstić information content (AvgIpc) is 2.56. The highest BCUT2D eigenvalue weighted by molar-refractivity contribution is 5.76. The third-order valence-corrected chi connectivity index (χ3v) is 2.95. The SMILES string of the molecule is COc1cc(C=O)ccc1OCCCOc1ccc(F)cc1. The number of ether oxygens (including phenoxy) is 3. The van der Waals surface area contributed by atoms with Crippen molar-refractivity contribution in [1.82, 2.24) is 0 Å². The molecule has 0 amide bonds. The zero-order valence-electron chi connectivity index (χ0n) is 12.3. The minimum Gasteiger partial charge on any atom is -0.493 e. The summed E-state index contributed by atoms with van der Waals surface area (Å²) < 4.78 is 29.0. The van der Waals surface area contributed by atoms with Crippen LogP contribution in [0.15, 0.2) is 42.5 Å². The molecule has 0 atom stereocenters. The van der Waals surface area contributed by atoms with Crippen LogP contribution in [0.25, 0.3) is 0 Å². The maximum atomic E-state index is 12.7. The van der Waals surface area contributed by atoms with Crippen LogP contribution in [0.3, 0.4) is 0 Å². The number of rotatable bonds is 8. The van der Waals surface area contributed by atoms with Gasteiger partial charge in [0.2, 0.25) is 0 Å². The lowest BCUT2D eigenvalue weighted by Gasteiger charge is -2.11. The minimum atomic E-state index is -0.290. The number of hydrogen-bond donors (Lipinski definition) is 0. The zero-order chi connectivity index (χ0) is 15.8. The van der Waals surface area contributed by atoms with Gasteiger partial charge in [-0.15, -0.1) is 0 Å². The van der Waals surface area contributed by atoms with Crippen LogP contribution in [0.5, 0.6) is 17.2 Å².